The molecule has 0 spiro atoms. The first-order chi connectivity index (χ1) is 14.2. The molecule has 1 saturated carbocycles. The lowest BCUT2D eigenvalue weighted by Gasteiger charge is -2.28. The first-order valence-electron chi connectivity index (χ1n) is 10.7. The quantitative estimate of drug-likeness (QED) is 0.623. The summed E-state index contributed by atoms with van der Waals surface area (Å²) in [4.78, 5) is 25.6. The van der Waals surface area contributed by atoms with Gasteiger partial charge in [-0.3, -0.25) is 4.90 Å². The van der Waals surface area contributed by atoms with Crippen molar-refractivity contribution in [2.24, 2.45) is 0 Å². The molecule has 0 heterocycles. The second kappa shape index (κ2) is 9.33. The highest BCUT2D eigenvalue weighted by molar-refractivity contribution is 5.89. The maximum atomic E-state index is 12.9. The van der Waals surface area contributed by atoms with Crippen molar-refractivity contribution in [3.8, 4) is 0 Å². The summed E-state index contributed by atoms with van der Waals surface area (Å²) in [6.07, 6.45) is 5.92. The Kier molecular flexibility index (Phi) is 6.80. The lowest BCUT2D eigenvalue weighted by atomic mass is 9.84. The molecule has 2 aromatic rings. The van der Waals surface area contributed by atoms with Gasteiger partial charge >= 0.3 is 12.1 Å². The van der Waals surface area contributed by atoms with Crippen molar-refractivity contribution in [1.29, 1.82) is 0 Å². The molecular weight excluding hydrogens is 378 g/mol. The van der Waals surface area contributed by atoms with Gasteiger partial charge in [-0.1, -0.05) is 43.5 Å². The molecule has 0 saturated heterocycles. The summed E-state index contributed by atoms with van der Waals surface area (Å²) < 4.78 is 5.63. The van der Waals surface area contributed by atoms with Gasteiger partial charge in [0.2, 0.25) is 0 Å². The number of ether oxygens (including phenoxy) is 1. The SMILES string of the molecule is CC(C)(C)OC(=O)N(Cc1ccc(C(=O)O)cc1)c1ccc(C2CCCCC2)cc1. The fraction of sp³-hybridized carbons (Fsp3) is 0.440. The van der Waals surface area contributed by atoms with E-state index in [1.807, 2.05) is 32.9 Å². The van der Waals surface area contributed by atoms with Gasteiger partial charge in [-0.25, -0.2) is 9.59 Å². The summed E-state index contributed by atoms with van der Waals surface area (Å²) in [7, 11) is 0. The minimum atomic E-state index is -0.969. The normalized spacial score (nSPS) is 14.9. The topological polar surface area (TPSA) is 66.8 Å². The third kappa shape index (κ3) is 5.85. The zero-order valence-electron chi connectivity index (χ0n) is 18.1. The maximum Gasteiger partial charge on any atom is 0.415 e. The molecule has 0 bridgehead atoms. The fourth-order valence-corrected chi connectivity index (χ4v) is 3.88. The average molecular weight is 410 g/mol. The summed E-state index contributed by atoms with van der Waals surface area (Å²) in [5.41, 5.74) is 2.55. The molecule has 0 aliphatic heterocycles. The Balaban J connectivity index is 1.83. The van der Waals surface area contributed by atoms with E-state index in [4.69, 9.17) is 9.84 Å². The molecule has 0 atom stereocenters. The van der Waals surface area contributed by atoms with Gasteiger partial charge < -0.3 is 9.84 Å². The van der Waals surface area contributed by atoms with Gasteiger partial charge in [0, 0.05) is 5.69 Å². The predicted molar refractivity (Wildman–Crippen MR) is 118 cm³/mol. The molecule has 3 rings (SSSR count). The number of benzene rings is 2. The third-order valence-corrected chi connectivity index (χ3v) is 5.44. The Hall–Kier alpha value is -2.82. The monoisotopic (exact) mass is 409 g/mol. The summed E-state index contributed by atoms with van der Waals surface area (Å²) >= 11 is 0. The van der Waals surface area contributed by atoms with E-state index in [1.165, 1.54) is 37.7 Å². The lowest BCUT2D eigenvalue weighted by molar-refractivity contribution is 0.0576. The molecule has 2 aromatic carbocycles. The number of carboxylic acid groups (broad SMARTS) is 1. The van der Waals surface area contributed by atoms with Crippen molar-refractivity contribution in [2.45, 2.75) is 70.9 Å². The summed E-state index contributed by atoms with van der Waals surface area (Å²) in [6.45, 7) is 5.84. The zero-order valence-corrected chi connectivity index (χ0v) is 18.1. The molecule has 1 aliphatic rings. The Bertz CT molecular complexity index is 860. The Morgan fingerprint density at radius 3 is 2.10 bits per heavy atom. The minimum absolute atomic E-state index is 0.222. The van der Waals surface area contributed by atoms with Crippen molar-refractivity contribution >= 4 is 17.7 Å². The Labute approximate surface area is 178 Å². The standard InChI is InChI=1S/C25H31NO4/c1-25(2,3)30-24(29)26(17-18-9-11-21(12-10-18)23(27)28)22-15-13-20(14-16-22)19-7-5-4-6-8-19/h9-16,19H,4-8,17H2,1-3H3,(H,27,28). The number of amides is 1. The number of hydrogen-bond donors (Lipinski definition) is 1. The minimum Gasteiger partial charge on any atom is -0.478 e. The highest BCUT2D eigenvalue weighted by Crippen LogP contribution is 2.33. The van der Waals surface area contributed by atoms with E-state index in [0.717, 1.165) is 11.3 Å². The van der Waals surface area contributed by atoms with E-state index >= 15 is 0 Å². The van der Waals surface area contributed by atoms with Gasteiger partial charge in [-0.2, -0.15) is 0 Å². The molecule has 0 radical (unpaired) electrons. The van der Waals surface area contributed by atoms with Crippen LogP contribution >= 0.6 is 0 Å². The highest BCUT2D eigenvalue weighted by atomic mass is 16.6. The van der Waals surface area contributed by atoms with Crippen LogP contribution in [0, 0.1) is 0 Å². The van der Waals surface area contributed by atoms with Crippen molar-refractivity contribution in [3.05, 3.63) is 65.2 Å². The van der Waals surface area contributed by atoms with Gasteiger partial charge in [0.1, 0.15) is 5.60 Å². The van der Waals surface area contributed by atoms with E-state index in [0.29, 0.717) is 12.5 Å². The molecule has 0 unspecified atom stereocenters. The Morgan fingerprint density at radius 1 is 0.967 bits per heavy atom. The molecule has 30 heavy (non-hydrogen) atoms. The number of carbonyl (C=O) groups excluding carboxylic acids is 1. The van der Waals surface area contributed by atoms with Crippen molar-refractivity contribution < 1.29 is 19.4 Å². The number of anilines is 1. The van der Waals surface area contributed by atoms with E-state index in [1.54, 1.807) is 29.2 Å². The van der Waals surface area contributed by atoms with Gasteiger partial charge in [0.25, 0.3) is 0 Å². The van der Waals surface area contributed by atoms with Crippen LogP contribution < -0.4 is 4.90 Å². The van der Waals surface area contributed by atoms with Crippen LogP contribution in [0.2, 0.25) is 0 Å². The molecule has 1 fully saturated rings. The van der Waals surface area contributed by atoms with Gasteiger partial charge in [-0.05, 0) is 74.9 Å². The number of carboxylic acids is 1. The molecule has 1 aliphatic carbocycles. The van der Waals surface area contributed by atoms with Crippen LogP contribution in [0.15, 0.2) is 48.5 Å². The van der Waals surface area contributed by atoms with Crippen LogP contribution in [0.5, 0.6) is 0 Å². The Morgan fingerprint density at radius 2 is 1.57 bits per heavy atom. The summed E-state index contributed by atoms with van der Waals surface area (Å²) in [6, 6.07) is 14.8. The van der Waals surface area contributed by atoms with Crippen molar-refractivity contribution in [3.63, 3.8) is 0 Å². The first-order valence-corrected chi connectivity index (χ1v) is 10.7. The van der Waals surface area contributed by atoms with Crippen LogP contribution in [-0.2, 0) is 11.3 Å². The maximum absolute atomic E-state index is 12.9. The molecule has 160 valence electrons. The molecule has 1 amide bonds. The highest BCUT2D eigenvalue weighted by Gasteiger charge is 2.24. The van der Waals surface area contributed by atoms with Crippen LogP contribution in [0.1, 0.15) is 80.3 Å². The summed E-state index contributed by atoms with van der Waals surface area (Å²) in [5.74, 6) is -0.366. The molecule has 1 N–H and O–H groups in total. The second-order valence-corrected chi connectivity index (χ2v) is 9.00. The molecule has 5 nitrogen and oxygen atoms in total. The lowest BCUT2D eigenvalue weighted by Crippen LogP contribution is -2.36. The van der Waals surface area contributed by atoms with Gasteiger partial charge in [0.15, 0.2) is 0 Å². The first kappa shape index (κ1) is 21.9. The largest absolute Gasteiger partial charge is 0.478 e. The molecule has 5 heteroatoms. The van der Waals surface area contributed by atoms with Crippen molar-refractivity contribution in [2.75, 3.05) is 4.90 Å². The summed E-state index contributed by atoms with van der Waals surface area (Å²) in [5, 5.41) is 9.10. The third-order valence-electron chi connectivity index (χ3n) is 5.44. The second-order valence-electron chi connectivity index (χ2n) is 9.00. The van der Waals surface area contributed by atoms with Crippen molar-refractivity contribution in [1.82, 2.24) is 0 Å². The number of nitrogens with zero attached hydrogens (tertiary/aromatic N) is 1. The zero-order chi connectivity index (χ0) is 21.7. The molecular formula is C25H31NO4. The number of rotatable bonds is 5. The van der Waals surface area contributed by atoms with Gasteiger partial charge in [0.05, 0.1) is 12.1 Å². The average Bonchev–Trinajstić information content (AvgIpc) is 2.72. The smallest absolute Gasteiger partial charge is 0.415 e. The van der Waals surface area contributed by atoms with Crippen LogP contribution in [0.25, 0.3) is 0 Å². The molecule has 0 aromatic heterocycles. The van der Waals surface area contributed by atoms with Crippen LogP contribution in [-0.4, -0.2) is 22.8 Å². The van der Waals surface area contributed by atoms with E-state index < -0.39 is 17.7 Å². The number of aromatic carboxylic acids is 1. The van der Waals surface area contributed by atoms with Crippen LogP contribution in [0.4, 0.5) is 10.5 Å². The van der Waals surface area contributed by atoms with E-state index in [-0.39, 0.29) is 5.56 Å². The van der Waals surface area contributed by atoms with E-state index in [9.17, 15) is 9.59 Å². The predicted octanol–water partition coefficient (Wildman–Crippen LogP) is 6.37. The van der Waals surface area contributed by atoms with Gasteiger partial charge in [-0.15, -0.1) is 0 Å². The van der Waals surface area contributed by atoms with E-state index in [2.05, 4.69) is 12.1 Å². The number of hydrogen-bond acceptors (Lipinski definition) is 3. The van der Waals surface area contributed by atoms with Crippen LogP contribution in [0.3, 0.4) is 0 Å². The number of carbonyl (C=O) groups is 2. The fourth-order valence-electron chi connectivity index (χ4n) is 3.88.